The minimum absolute atomic E-state index is 0.144. The number of aromatic nitrogens is 3. The number of aryl methyl sites for hydroxylation is 1. The normalized spacial score (nSPS) is 16.2. The fourth-order valence-corrected chi connectivity index (χ4v) is 3.83. The van der Waals surface area contributed by atoms with Crippen LogP contribution in [0, 0.1) is 0 Å². The molecule has 3 aromatic rings. The SMILES string of the molecule is CCn1c([C@H]2CCN(C(=O)Nc3ccccc3C(=O)OC)C2)nc2cccnc21. The number of anilines is 1. The van der Waals surface area contributed by atoms with Crippen molar-refractivity contribution in [3.8, 4) is 0 Å². The van der Waals surface area contributed by atoms with E-state index in [1.165, 1.54) is 7.11 Å². The number of nitrogens with one attached hydrogen (secondary N) is 1. The highest BCUT2D eigenvalue weighted by molar-refractivity contribution is 6.00. The molecule has 2 aromatic heterocycles. The molecule has 0 unspecified atom stereocenters. The molecule has 150 valence electrons. The van der Waals surface area contributed by atoms with E-state index in [1.54, 1.807) is 35.4 Å². The third-order valence-electron chi connectivity index (χ3n) is 5.26. The number of amides is 2. The standard InChI is InChI=1S/C21H23N5O3/c1-3-26-18(23-17-9-6-11-22-19(17)26)14-10-12-25(13-14)21(28)24-16-8-5-4-7-15(16)20(27)29-2/h4-9,11,14H,3,10,12-13H2,1-2H3,(H,24,28)/t14-/m0/s1. The highest BCUT2D eigenvalue weighted by Crippen LogP contribution is 2.29. The summed E-state index contributed by atoms with van der Waals surface area (Å²) in [5.74, 6) is 0.626. The first-order chi connectivity index (χ1) is 14.1. The van der Waals surface area contributed by atoms with Gasteiger partial charge in [-0.1, -0.05) is 12.1 Å². The molecule has 0 radical (unpaired) electrons. The topological polar surface area (TPSA) is 89.4 Å². The van der Waals surface area contributed by atoms with Crippen LogP contribution in [0.1, 0.15) is 35.4 Å². The number of hydrogen-bond acceptors (Lipinski definition) is 5. The number of hydrogen-bond donors (Lipinski definition) is 1. The summed E-state index contributed by atoms with van der Waals surface area (Å²) in [6.45, 7) is 4.04. The highest BCUT2D eigenvalue weighted by atomic mass is 16.5. The van der Waals surface area contributed by atoms with E-state index in [9.17, 15) is 9.59 Å². The number of ether oxygens (including phenoxy) is 1. The van der Waals surface area contributed by atoms with Gasteiger partial charge in [0.1, 0.15) is 11.3 Å². The first-order valence-corrected chi connectivity index (χ1v) is 9.66. The third kappa shape index (κ3) is 3.53. The molecule has 0 bridgehead atoms. The Hall–Kier alpha value is -3.42. The predicted molar refractivity (Wildman–Crippen MR) is 109 cm³/mol. The zero-order valence-corrected chi connectivity index (χ0v) is 16.5. The molecule has 1 aliphatic heterocycles. The van der Waals surface area contributed by atoms with Gasteiger partial charge >= 0.3 is 12.0 Å². The number of methoxy groups -OCH3 is 1. The van der Waals surface area contributed by atoms with E-state index in [0.29, 0.717) is 24.3 Å². The Labute approximate surface area is 168 Å². The lowest BCUT2D eigenvalue weighted by atomic mass is 10.1. The Morgan fingerprint density at radius 2 is 2.07 bits per heavy atom. The van der Waals surface area contributed by atoms with Crippen LogP contribution in [-0.2, 0) is 11.3 Å². The molecule has 1 aliphatic rings. The molecule has 0 spiro atoms. The largest absolute Gasteiger partial charge is 0.465 e. The number of nitrogens with zero attached hydrogens (tertiary/aromatic N) is 4. The van der Waals surface area contributed by atoms with E-state index in [1.807, 2.05) is 12.1 Å². The summed E-state index contributed by atoms with van der Waals surface area (Å²) in [6, 6.07) is 10.4. The highest BCUT2D eigenvalue weighted by Gasteiger charge is 2.31. The summed E-state index contributed by atoms with van der Waals surface area (Å²) in [6.07, 6.45) is 2.60. The van der Waals surface area contributed by atoms with Gasteiger partial charge < -0.3 is 19.5 Å². The molecule has 1 atom stereocenters. The summed E-state index contributed by atoms with van der Waals surface area (Å²) in [4.78, 5) is 35.7. The number of benzene rings is 1. The first-order valence-electron chi connectivity index (χ1n) is 9.66. The van der Waals surface area contributed by atoms with Crippen LogP contribution in [0.4, 0.5) is 10.5 Å². The van der Waals surface area contributed by atoms with Gasteiger partial charge in [0.25, 0.3) is 0 Å². The average molecular weight is 393 g/mol. The minimum atomic E-state index is -0.482. The van der Waals surface area contributed by atoms with Crippen molar-refractivity contribution in [3.05, 3.63) is 54.0 Å². The van der Waals surface area contributed by atoms with E-state index in [0.717, 1.165) is 30.0 Å². The molecule has 0 saturated carbocycles. The summed E-state index contributed by atoms with van der Waals surface area (Å²) < 4.78 is 6.91. The molecule has 8 heteroatoms. The maximum atomic E-state index is 12.8. The molecule has 8 nitrogen and oxygen atoms in total. The maximum Gasteiger partial charge on any atom is 0.339 e. The predicted octanol–water partition coefficient (Wildman–Crippen LogP) is 3.26. The molecule has 0 aliphatic carbocycles. The van der Waals surface area contributed by atoms with Crippen LogP contribution in [0.2, 0.25) is 0 Å². The van der Waals surface area contributed by atoms with E-state index in [2.05, 4.69) is 21.8 Å². The number of carbonyl (C=O) groups is 2. The molecular formula is C21H23N5O3. The number of pyridine rings is 1. The van der Waals surface area contributed by atoms with Crippen molar-refractivity contribution in [2.45, 2.75) is 25.8 Å². The van der Waals surface area contributed by atoms with Crippen LogP contribution in [0.5, 0.6) is 0 Å². The molecular weight excluding hydrogens is 370 g/mol. The van der Waals surface area contributed by atoms with Crippen molar-refractivity contribution >= 4 is 28.9 Å². The van der Waals surface area contributed by atoms with Gasteiger partial charge in [-0.25, -0.2) is 19.6 Å². The molecule has 4 rings (SSSR count). The second-order valence-electron chi connectivity index (χ2n) is 6.96. The molecule has 3 heterocycles. The van der Waals surface area contributed by atoms with Crippen LogP contribution < -0.4 is 5.32 Å². The zero-order chi connectivity index (χ0) is 20.4. The molecule has 1 fully saturated rings. The number of esters is 1. The van der Waals surface area contributed by atoms with E-state index in [4.69, 9.17) is 9.72 Å². The fourth-order valence-electron chi connectivity index (χ4n) is 3.83. The van der Waals surface area contributed by atoms with Crippen LogP contribution in [-0.4, -0.2) is 51.6 Å². The number of fused-ring (bicyclic) bond motifs is 1. The van der Waals surface area contributed by atoms with Gasteiger partial charge in [-0.2, -0.15) is 0 Å². The Kier molecular flexibility index (Phi) is 5.16. The smallest absolute Gasteiger partial charge is 0.339 e. The van der Waals surface area contributed by atoms with Gasteiger partial charge in [-0.3, -0.25) is 0 Å². The lowest BCUT2D eigenvalue weighted by Gasteiger charge is -2.18. The summed E-state index contributed by atoms with van der Waals surface area (Å²) in [5.41, 5.74) is 2.52. The lowest BCUT2D eigenvalue weighted by molar-refractivity contribution is 0.0602. The molecule has 29 heavy (non-hydrogen) atoms. The lowest BCUT2D eigenvalue weighted by Crippen LogP contribution is -2.33. The Morgan fingerprint density at radius 1 is 1.24 bits per heavy atom. The van der Waals surface area contributed by atoms with Crippen LogP contribution in [0.15, 0.2) is 42.6 Å². The van der Waals surface area contributed by atoms with Crippen molar-refractivity contribution in [3.63, 3.8) is 0 Å². The van der Waals surface area contributed by atoms with E-state index in [-0.39, 0.29) is 11.9 Å². The van der Waals surface area contributed by atoms with Crippen LogP contribution >= 0.6 is 0 Å². The second kappa shape index (κ2) is 7.90. The first kappa shape index (κ1) is 18.9. The van der Waals surface area contributed by atoms with Crippen LogP contribution in [0.25, 0.3) is 11.2 Å². The molecule has 1 N–H and O–H groups in total. The monoisotopic (exact) mass is 393 g/mol. The van der Waals surface area contributed by atoms with Gasteiger partial charge in [-0.05, 0) is 37.6 Å². The quantitative estimate of drug-likeness (QED) is 0.687. The second-order valence-corrected chi connectivity index (χ2v) is 6.96. The Morgan fingerprint density at radius 3 is 2.86 bits per heavy atom. The van der Waals surface area contributed by atoms with Crippen molar-refractivity contribution in [1.82, 2.24) is 19.4 Å². The summed E-state index contributed by atoms with van der Waals surface area (Å²) in [5, 5.41) is 2.84. The molecule has 1 aromatic carbocycles. The minimum Gasteiger partial charge on any atom is -0.465 e. The fraction of sp³-hybridized carbons (Fsp3) is 0.333. The number of carbonyl (C=O) groups excluding carboxylic acids is 2. The average Bonchev–Trinajstić information content (AvgIpc) is 3.38. The maximum absolute atomic E-state index is 12.8. The van der Waals surface area contributed by atoms with E-state index < -0.39 is 5.97 Å². The molecule has 2 amide bonds. The molecule has 1 saturated heterocycles. The van der Waals surface area contributed by atoms with Crippen molar-refractivity contribution in [2.75, 3.05) is 25.5 Å². The van der Waals surface area contributed by atoms with Crippen LogP contribution in [0.3, 0.4) is 0 Å². The number of rotatable bonds is 4. The number of urea groups is 1. The van der Waals surface area contributed by atoms with E-state index >= 15 is 0 Å². The van der Waals surface area contributed by atoms with Crippen molar-refractivity contribution in [1.29, 1.82) is 0 Å². The van der Waals surface area contributed by atoms with Gasteiger partial charge in [0.2, 0.25) is 0 Å². The van der Waals surface area contributed by atoms with Gasteiger partial charge in [0.15, 0.2) is 5.65 Å². The summed E-state index contributed by atoms with van der Waals surface area (Å²) in [7, 11) is 1.32. The Bertz CT molecular complexity index is 1060. The Balaban J connectivity index is 1.51. The van der Waals surface area contributed by atoms with Gasteiger partial charge in [0.05, 0.1) is 18.4 Å². The third-order valence-corrected chi connectivity index (χ3v) is 5.26. The van der Waals surface area contributed by atoms with Gasteiger partial charge in [0, 0.05) is 31.7 Å². The van der Waals surface area contributed by atoms with Crippen molar-refractivity contribution < 1.29 is 14.3 Å². The van der Waals surface area contributed by atoms with Crippen molar-refractivity contribution in [2.24, 2.45) is 0 Å². The number of likely N-dealkylation sites (tertiary alicyclic amines) is 1. The summed E-state index contributed by atoms with van der Waals surface area (Å²) >= 11 is 0. The van der Waals surface area contributed by atoms with Gasteiger partial charge in [-0.15, -0.1) is 0 Å². The number of imidazole rings is 1. The number of para-hydroxylation sites is 1. The zero-order valence-electron chi connectivity index (χ0n) is 16.5.